The van der Waals surface area contributed by atoms with Gasteiger partial charge < -0.3 is 20.7 Å². The highest BCUT2D eigenvalue weighted by molar-refractivity contribution is 5.99. The first kappa shape index (κ1) is 16.3. The van der Waals surface area contributed by atoms with E-state index in [1.165, 1.54) is 7.11 Å². The number of likely N-dealkylation sites (N-methyl/N-ethyl adjacent to an activating group) is 1. The number of carbonyl (C=O) groups excluding carboxylic acids is 1. The Balaban J connectivity index is 2.94. The van der Waals surface area contributed by atoms with Gasteiger partial charge in [0.25, 0.3) is 0 Å². The summed E-state index contributed by atoms with van der Waals surface area (Å²) >= 11 is 0. The van der Waals surface area contributed by atoms with Gasteiger partial charge in [-0.3, -0.25) is 0 Å². The molecule has 0 amide bonds. The zero-order chi connectivity index (χ0) is 15.1. The summed E-state index contributed by atoms with van der Waals surface area (Å²) < 4.78 is 6.42. The zero-order valence-corrected chi connectivity index (χ0v) is 12.8. The number of hydrogen-bond acceptors (Lipinski definition) is 6. The molecule has 0 bridgehead atoms. The lowest BCUT2D eigenvalue weighted by atomic mass is 10.3. The predicted octanol–water partition coefficient (Wildman–Crippen LogP) is 1.03. The Morgan fingerprint density at radius 3 is 2.75 bits per heavy atom. The molecule has 0 aliphatic rings. The average molecular weight is 283 g/mol. The van der Waals surface area contributed by atoms with Crippen molar-refractivity contribution in [3.8, 4) is 0 Å². The fraction of sp³-hybridized carbons (Fsp3) is 0.692. The van der Waals surface area contributed by atoms with Crippen LogP contribution in [-0.4, -0.2) is 54.9 Å². The van der Waals surface area contributed by atoms with Crippen molar-refractivity contribution in [3.05, 3.63) is 5.56 Å². The second kappa shape index (κ2) is 7.74. The van der Waals surface area contributed by atoms with Crippen LogP contribution < -0.4 is 11.1 Å². The largest absolute Gasteiger partial charge is 0.465 e. The second-order valence-corrected chi connectivity index (χ2v) is 4.91. The minimum absolute atomic E-state index is 0.322. The monoisotopic (exact) mass is 283 g/mol. The van der Waals surface area contributed by atoms with Gasteiger partial charge in [0.1, 0.15) is 11.4 Å². The molecule has 114 valence electrons. The minimum atomic E-state index is -0.461. The van der Waals surface area contributed by atoms with Crippen molar-refractivity contribution in [1.29, 1.82) is 0 Å². The van der Waals surface area contributed by atoms with Crippen molar-refractivity contribution < 1.29 is 9.53 Å². The molecule has 0 spiro atoms. The Labute approximate surface area is 120 Å². The lowest BCUT2D eigenvalue weighted by Crippen LogP contribution is -2.20. The topological polar surface area (TPSA) is 85.4 Å². The molecule has 1 aromatic rings. The van der Waals surface area contributed by atoms with E-state index in [0.29, 0.717) is 23.7 Å². The van der Waals surface area contributed by atoms with Gasteiger partial charge in [0.2, 0.25) is 0 Å². The van der Waals surface area contributed by atoms with Crippen LogP contribution in [0.5, 0.6) is 0 Å². The summed E-state index contributed by atoms with van der Waals surface area (Å²) in [5.74, 6) is 0.386. The maximum absolute atomic E-state index is 11.8. The number of rotatable bonds is 8. The van der Waals surface area contributed by atoms with Crippen molar-refractivity contribution in [2.24, 2.45) is 0 Å². The number of methoxy groups -OCH3 is 1. The first-order chi connectivity index (χ1) is 9.51. The number of unbranched alkanes of at least 4 members (excludes halogenated alkanes) is 1. The quantitative estimate of drug-likeness (QED) is 0.547. The van der Waals surface area contributed by atoms with E-state index in [1.807, 2.05) is 19.0 Å². The van der Waals surface area contributed by atoms with E-state index in [0.717, 1.165) is 25.9 Å². The van der Waals surface area contributed by atoms with Crippen LogP contribution in [0.2, 0.25) is 0 Å². The molecule has 0 unspecified atom stereocenters. The van der Waals surface area contributed by atoms with E-state index in [4.69, 9.17) is 10.5 Å². The molecule has 0 radical (unpaired) electrons. The maximum Gasteiger partial charge on any atom is 0.345 e. The normalized spacial score (nSPS) is 10.8. The van der Waals surface area contributed by atoms with Crippen molar-refractivity contribution in [2.75, 3.05) is 45.3 Å². The van der Waals surface area contributed by atoms with E-state index >= 15 is 0 Å². The number of esters is 1. The molecule has 0 saturated carbocycles. The van der Waals surface area contributed by atoms with E-state index in [9.17, 15) is 4.79 Å². The van der Waals surface area contributed by atoms with Gasteiger partial charge in [0.15, 0.2) is 5.82 Å². The number of nitrogens with one attached hydrogen (secondary N) is 1. The molecule has 0 aliphatic heterocycles. The molecule has 7 heteroatoms. The molecule has 20 heavy (non-hydrogen) atoms. The van der Waals surface area contributed by atoms with E-state index in [1.54, 1.807) is 4.68 Å². The number of nitrogen functional groups attached to an aromatic ring is 1. The van der Waals surface area contributed by atoms with Crippen LogP contribution in [0.15, 0.2) is 0 Å². The summed E-state index contributed by atoms with van der Waals surface area (Å²) in [5, 5.41) is 7.53. The summed E-state index contributed by atoms with van der Waals surface area (Å²) in [6, 6.07) is 0. The van der Waals surface area contributed by atoms with Gasteiger partial charge in [-0.1, -0.05) is 13.3 Å². The van der Waals surface area contributed by atoms with Crippen LogP contribution in [0, 0.1) is 0 Å². The zero-order valence-electron chi connectivity index (χ0n) is 12.8. The number of aromatic nitrogens is 2. The highest BCUT2D eigenvalue weighted by atomic mass is 16.5. The van der Waals surface area contributed by atoms with Crippen LogP contribution in [0.4, 0.5) is 11.6 Å². The van der Waals surface area contributed by atoms with Gasteiger partial charge in [-0.15, -0.1) is 0 Å². The third-order valence-electron chi connectivity index (χ3n) is 2.96. The molecule has 1 heterocycles. The number of nitrogens with two attached hydrogens (primary N) is 1. The third-order valence-corrected chi connectivity index (χ3v) is 2.96. The lowest BCUT2D eigenvalue weighted by Gasteiger charge is -2.10. The van der Waals surface area contributed by atoms with Gasteiger partial charge in [-0.2, -0.15) is 5.10 Å². The Morgan fingerprint density at radius 1 is 1.50 bits per heavy atom. The highest BCUT2D eigenvalue weighted by Gasteiger charge is 2.22. The van der Waals surface area contributed by atoms with Crippen LogP contribution in [-0.2, 0) is 11.3 Å². The van der Waals surface area contributed by atoms with Crippen molar-refractivity contribution in [3.63, 3.8) is 0 Å². The predicted molar refractivity (Wildman–Crippen MR) is 79.9 cm³/mol. The highest BCUT2D eigenvalue weighted by Crippen LogP contribution is 2.22. The second-order valence-electron chi connectivity index (χ2n) is 4.91. The molecule has 1 rings (SSSR count). The Morgan fingerprint density at radius 2 is 2.20 bits per heavy atom. The molecule has 3 N–H and O–H groups in total. The molecule has 0 aromatic carbocycles. The number of nitrogens with zero attached hydrogens (tertiary/aromatic N) is 3. The molecule has 1 aromatic heterocycles. The Bertz CT molecular complexity index is 442. The SMILES string of the molecule is CCCCNc1nn(CCN(C)C)c(N)c1C(=O)OC. The molecule has 0 saturated heterocycles. The van der Waals surface area contributed by atoms with E-state index < -0.39 is 5.97 Å². The molecule has 7 nitrogen and oxygen atoms in total. The van der Waals surface area contributed by atoms with Crippen LogP contribution in [0.3, 0.4) is 0 Å². The number of hydrogen-bond donors (Lipinski definition) is 2. The molecule has 0 fully saturated rings. The Kier molecular flexibility index (Phi) is 6.30. The van der Waals surface area contributed by atoms with E-state index in [2.05, 4.69) is 17.3 Å². The minimum Gasteiger partial charge on any atom is -0.465 e. The van der Waals surface area contributed by atoms with Gasteiger partial charge >= 0.3 is 5.97 Å². The van der Waals surface area contributed by atoms with Crippen LogP contribution >= 0.6 is 0 Å². The third kappa shape index (κ3) is 4.12. The van der Waals surface area contributed by atoms with Crippen molar-refractivity contribution >= 4 is 17.6 Å². The van der Waals surface area contributed by atoms with Crippen LogP contribution in [0.25, 0.3) is 0 Å². The van der Waals surface area contributed by atoms with Gasteiger partial charge in [0, 0.05) is 13.1 Å². The summed E-state index contributed by atoms with van der Waals surface area (Å²) in [7, 11) is 5.29. The fourth-order valence-electron chi connectivity index (χ4n) is 1.75. The Hall–Kier alpha value is -1.76. The van der Waals surface area contributed by atoms with Crippen LogP contribution in [0.1, 0.15) is 30.1 Å². The molecular weight excluding hydrogens is 258 g/mol. The molecular formula is C13H25N5O2. The standard InChI is InChI=1S/C13H25N5O2/c1-5-6-7-15-12-10(13(19)20-4)11(14)18(16-12)9-8-17(2)3/h5-9,14H2,1-4H3,(H,15,16). The maximum atomic E-state index is 11.8. The van der Waals surface area contributed by atoms with Gasteiger partial charge in [-0.05, 0) is 20.5 Å². The van der Waals surface area contributed by atoms with Crippen molar-refractivity contribution in [1.82, 2.24) is 14.7 Å². The first-order valence-corrected chi connectivity index (χ1v) is 6.84. The van der Waals surface area contributed by atoms with Crippen molar-refractivity contribution in [2.45, 2.75) is 26.3 Å². The lowest BCUT2D eigenvalue weighted by molar-refractivity contribution is 0.0603. The summed E-state index contributed by atoms with van der Waals surface area (Å²) in [4.78, 5) is 13.9. The molecule has 0 atom stereocenters. The number of carbonyl (C=O) groups is 1. The first-order valence-electron chi connectivity index (χ1n) is 6.84. The summed E-state index contributed by atoms with van der Waals surface area (Å²) in [6.45, 7) is 4.27. The summed E-state index contributed by atoms with van der Waals surface area (Å²) in [6.07, 6.45) is 2.07. The number of ether oxygens (including phenoxy) is 1. The van der Waals surface area contributed by atoms with Gasteiger partial charge in [0.05, 0.1) is 13.7 Å². The fourth-order valence-corrected chi connectivity index (χ4v) is 1.75. The molecule has 0 aliphatic carbocycles. The average Bonchev–Trinajstić information content (AvgIpc) is 2.72. The van der Waals surface area contributed by atoms with Gasteiger partial charge in [-0.25, -0.2) is 9.48 Å². The smallest absolute Gasteiger partial charge is 0.345 e. The summed E-state index contributed by atoms with van der Waals surface area (Å²) in [5.41, 5.74) is 6.33. The number of anilines is 2. The van der Waals surface area contributed by atoms with E-state index in [-0.39, 0.29) is 0 Å².